The fourth-order valence-electron chi connectivity index (χ4n) is 1.57. The molecule has 0 unspecified atom stereocenters. The number of rotatable bonds is 6. The van der Waals surface area contributed by atoms with E-state index in [4.69, 9.17) is 9.47 Å². The van der Waals surface area contributed by atoms with Crippen LogP contribution in [0.25, 0.3) is 0 Å². The number of aromatic nitrogens is 1. The third-order valence-corrected chi connectivity index (χ3v) is 2.44. The summed E-state index contributed by atoms with van der Waals surface area (Å²) in [7, 11) is 0. The number of ether oxygens (including phenoxy) is 2. The maximum atomic E-state index is 11.6. The molecule has 2 rings (SSSR count). The summed E-state index contributed by atoms with van der Waals surface area (Å²) in [6.07, 6.45) is 3.31. The van der Waals surface area contributed by atoms with Crippen molar-refractivity contribution in [3.05, 3.63) is 48.8 Å². The Balaban J connectivity index is 1.99. The van der Waals surface area contributed by atoms with Gasteiger partial charge in [0, 0.05) is 30.8 Å². The van der Waals surface area contributed by atoms with E-state index in [9.17, 15) is 4.79 Å². The van der Waals surface area contributed by atoms with Crippen molar-refractivity contribution in [3.63, 3.8) is 0 Å². The van der Waals surface area contributed by atoms with E-state index in [1.165, 1.54) is 0 Å². The number of carbonyl (C=O) groups is 1. The third kappa shape index (κ3) is 4.37. The first-order valence-corrected chi connectivity index (χ1v) is 6.33. The van der Waals surface area contributed by atoms with E-state index in [-0.39, 0.29) is 12.5 Å². The summed E-state index contributed by atoms with van der Waals surface area (Å²) in [6, 6.07) is 10.7. The van der Waals surface area contributed by atoms with Crippen molar-refractivity contribution in [1.29, 1.82) is 0 Å². The molecule has 0 spiro atoms. The van der Waals surface area contributed by atoms with E-state index in [1.807, 2.05) is 19.1 Å². The topological polar surface area (TPSA) is 60.5 Å². The van der Waals surface area contributed by atoms with Crippen molar-refractivity contribution >= 4 is 11.6 Å². The van der Waals surface area contributed by atoms with Crippen molar-refractivity contribution in [2.45, 2.75) is 6.92 Å². The molecule has 0 aliphatic heterocycles. The van der Waals surface area contributed by atoms with Crippen molar-refractivity contribution < 1.29 is 14.3 Å². The van der Waals surface area contributed by atoms with Gasteiger partial charge in [-0.1, -0.05) is 6.07 Å². The summed E-state index contributed by atoms with van der Waals surface area (Å²) >= 11 is 0. The Labute approximate surface area is 117 Å². The molecule has 104 valence electrons. The van der Waals surface area contributed by atoms with E-state index in [0.29, 0.717) is 23.8 Å². The zero-order chi connectivity index (χ0) is 14.2. The number of benzene rings is 1. The van der Waals surface area contributed by atoms with Crippen molar-refractivity contribution in [3.8, 4) is 11.5 Å². The highest BCUT2D eigenvalue weighted by Gasteiger charge is 2.03. The van der Waals surface area contributed by atoms with Gasteiger partial charge < -0.3 is 14.8 Å². The van der Waals surface area contributed by atoms with Crippen LogP contribution in [0.3, 0.4) is 0 Å². The zero-order valence-corrected chi connectivity index (χ0v) is 11.2. The van der Waals surface area contributed by atoms with Gasteiger partial charge in [-0.15, -0.1) is 0 Å². The fraction of sp³-hybridized carbons (Fsp3) is 0.200. The molecule has 0 radical (unpaired) electrons. The molecule has 0 bridgehead atoms. The molecule has 0 saturated carbocycles. The summed E-state index contributed by atoms with van der Waals surface area (Å²) in [4.78, 5) is 15.5. The Morgan fingerprint density at radius 2 is 2.00 bits per heavy atom. The summed E-state index contributed by atoms with van der Waals surface area (Å²) < 4.78 is 10.7. The van der Waals surface area contributed by atoms with E-state index < -0.39 is 0 Å². The lowest BCUT2D eigenvalue weighted by Crippen LogP contribution is -2.18. The number of pyridine rings is 1. The summed E-state index contributed by atoms with van der Waals surface area (Å²) in [5.74, 6) is 1.15. The number of carbonyl (C=O) groups excluding carboxylic acids is 1. The first-order valence-electron chi connectivity index (χ1n) is 6.33. The number of hydrogen-bond acceptors (Lipinski definition) is 4. The van der Waals surface area contributed by atoms with Crippen LogP contribution < -0.4 is 10.1 Å². The van der Waals surface area contributed by atoms with Crippen LogP contribution >= 0.6 is 0 Å². The fourth-order valence-corrected chi connectivity index (χ4v) is 1.57. The predicted octanol–water partition coefficient (Wildman–Crippen LogP) is 2.85. The molecule has 0 aliphatic carbocycles. The SMILES string of the molecule is CCOCC(=O)Nc1cccc(Oc2ccncc2)c1. The molecule has 0 atom stereocenters. The molecule has 1 heterocycles. The van der Waals surface area contributed by atoms with Gasteiger partial charge >= 0.3 is 0 Å². The van der Waals surface area contributed by atoms with E-state index >= 15 is 0 Å². The lowest BCUT2D eigenvalue weighted by atomic mass is 10.3. The van der Waals surface area contributed by atoms with Crippen molar-refractivity contribution in [1.82, 2.24) is 4.98 Å². The minimum absolute atomic E-state index is 0.0476. The molecule has 0 fully saturated rings. The Kier molecular flexibility index (Phi) is 5.08. The molecule has 1 aromatic carbocycles. The van der Waals surface area contributed by atoms with Crippen LogP contribution in [0.2, 0.25) is 0 Å². The van der Waals surface area contributed by atoms with Crippen LogP contribution in [0, 0.1) is 0 Å². The highest BCUT2D eigenvalue weighted by atomic mass is 16.5. The Bertz CT molecular complexity index is 558. The van der Waals surface area contributed by atoms with E-state index in [0.717, 1.165) is 0 Å². The molecular formula is C15H16N2O3. The quantitative estimate of drug-likeness (QED) is 0.878. The maximum Gasteiger partial charge on any atom is 0.250 e. The van der Waals surface area contributed by atoms with Gasteiger partial charge in [-0.3, -0.25) is 9.78 Å². The molecule has 5 heteroatoms. The molecule has 20 heavy (non-hydrogen) atoms. The molecule has 2 aromatic rings. The van der Waals surface area contributed by atoms with Gasteiger partial charge in [0.2, 0.25) is 5.91 Å². The minimum atomic E-state index is -0.187. The van der Waals surface area contributed by atoms with Gasteiger partial charge in [-0.25, -0.2) is 0 Å². The van der Waals surface area contributed by atoms with Crippen LogP contribution in [-0.4, -0.2) is 24.1 Å². The van der Waals surface area contributed by atoms with Gasteiger partial charge in [0.15, 0.2) is 0 Å². The Morgan fingerprint density at radius 1 is 1.20 bits per heavy atom. The van der Waals surface area contributed by atoms with Gasteiger partial charge in [0.25, 0.3) is 0 Å². The number of nitrogens with one attached hydrogen (secondary N) is 1. The minimum Gasteiger partial charge on any atom is -0.457 e. The average Bonchev–Trinajstić information content (AvgIpc) is 2.46. The normalized spacial score (nSPS) is 10.1. The summed E-state index contributed by atoms with van der Waals surface area (Å²) in [5.41, 5.74) is 0.668. The number of anilines is 1. The largest absolute Gasteiger partial charge is 0.457 e. The molecule has 0 aliphatic rings. The Hall–Kier alpha value is -2.40. The zero-order valence-electron chi connectivity index (χ0n) is 11.2. The van der Waals surface area contributed by atoms with Gasteiger partial charge in [-0.05, 0) is 31.2 Å². The maximum absolute atomic E-state index is 11.6. The number of hydrogen-bond donors (Lipinski definition) is 1. The van der Waals surface area contributed by atoms with Crippen LogP contribution in [0.5, 0.6) is 11.5 Å². The molecule has 1 aromatic heterocycles. The number of amides is 1. The van der Waals surface area contributed by atoms with Crippen LogP contribution in [-0.2, 0) is 9.53 Å². The molecule has 0 saturated heterocycles. The lowest BCUT2D eigenvalue weighted by molar-refractivity contribution is -0.120. The predicted molar refractivity (Wildman–Crippen MR) is 75.9 cm³/mol. The van der Waals surface area contributed by atoms with Gasteiger partial charge in [0.05, 0.1) is 0 Å². The molecular weight excluding hydrogens is 256 g/mol. The highest BCUT2D eigenvalue weighted by molar-refractivity contribution is 5.91. The third-order valence-electron chi connectivity index (χ3n) is 2.44. The first-order chi connectivity index (χ1) is 9.78. The second-order valence-corrected chi connectivity index (χ2v) is 4.00. The molecule has 1 amide bonds. The van der Waals surface area contributed by atoms with Gasteiger partial charge in [-0.2, -0.15) is 0 Å². The Morgan fingerprint density at radius 3 is 2.75 bits per heavy atom. The number of nitrogens with zero attached hydrogens (tertiary/aromatic N) is 1. The van der Waals surface area contributed by atoms with E-state index in [1.54, 1.807) is 36.7 Å². The first kappa shape index (κ1) is 14.0. The molecule has 5 nitrogen and oxygen atoms in total. The lowest BCUT2D eigenvalue weighted by Gasteiger charge is -2.08. The highest BCUT2D eigenvalue weighted by Crippen LogP contribution is 2.23. The second-order valence-electron chi connectivity index (χ2n) is 4.00. The van der Waals surface area contributed by atoms with Crippen LogP contribution in [0.4, 0.5) is 5.69 Å². The van der Waals surface area contributed by atoms with Crippen LogP contribution in [0.1, 0.15) is 6.92 Å². The molecule has 1 N–H and O–H groups in total. The van der Waals surface area contributed by atoms with Crippen LogP contribution in [0.15, 0.2) is 48.8 Å². The van der Waals surface area contributed by atoms with Gasteiger partial charge in [0.1, 0.15) is 18.1 Å². The summed E-state index contributed by atoms with van der Waals surface area (Å²) in [6.45, 7) is 2.40. The van der Waals surface area contributed by atoms with Crippen molar-refractivity contribution in [2.24, 2.45) is 0 Å². The standard InChI is InChI=1S/C15H16N2O3/c1-2-19-11-15(18)17-12-4-3-5-14(10-12)20-13-6-8-16-9-7-13/h3-10H,2,11H2,1H3,(H,17,18). The summed E-state index contributed by atoms with van der Waals surface area (Å²) in [5, 5.41) is 2.75. The van der Waals surface area contributed by atoms with Crippen molar-refractivity contribution in [2.75, 3.05) is 18.5 Å². The van der Waals surface area contributed by atoms with E-state index in [2.05, 4.69) is 10.3 Å². The smallest absolute Gasteiger partial charge is 0.250 e. The monoisotopic (exact) mass is 272 g/mol. The second kappa shape index (κ2) is 7.25. The average molecular weight is 272 g/mol.